The van der Waals surface area contributed by atoms with E-state index in [4.69, 9.17) is 4.42 Å². The summed E-state index contributed by atoms with van der Waals surface area (Å²) < 4.78 is 9.38. The van der Waals surface area contributed by atoms with E-state index in [0.717, 1.165) is 23.2 Å². The number of hydrogen-bond acceptors (Lipinski definition) is 4. The molecule has 1 aliphatic heterocycles. The minimum atomic E-state index is 0.855. The first-order chi connectivity index (χ1) is 9.42. The van der Waals surface area contributed by atoms with Crippen LogP contribution in [-0.4, -0.2) is 9.97 Å². The van der Waals surface area contributed by atoms with Gasteiger partial charge in [-0.1, -0.05) is 11.3 Å². The smallest absolute Gasteiger partial charge is 0.393 e. The Bertz CT molecular complexity index is 954. The van der Waals surface area contributed by atoms with Gasteiger partial charge in [0.25, 0.3) is 5.01 Å². The zero-order chi connectivity index (χ0) is 12.4. The Balaban J connectivity index is 1.93. The van der Waals surface area contributed by atoms with Crippen molar-refractivity contribution in [2.45, 2.75) is 6.54 Å². The highest BCUT2D eigenvalue weighted by Gasteiger charge is 2.34. The van der Waals surface area contributed by atoms with Gasteiger partial charge in [-0.05, 0) is 12.1 Å². The highest BCUT2D eigenvalue weighted by atomic mass is 32.1. The Morgan fingerprint density at radius 3 is 3.05 bits per heavy atom. The van der Waals surface area contributed by atoms with Gasteiger partial charge in [0, 0.05) is 29.5 Å². The van der Waals surface area contributed by atoms with Crippen molar-refractivity contribution >= 4 is 32.7 Å². The van der Waals surface area contributed by atoms with E-state index in [1.807, 2.05) is 24.7 Å². The normalized spacial score (nSPS) is 13.1. The molecular formula is C14H8N3OS+. The lowest BCUT2D eigenvalue weighted by Crippen LogP contribution is -2.29. The van der Waals surface area contributed by atoms with Crippen LogP contribution in [0.2, 0.25) is 0 Å². The van der Waals surface area contributed by atoms with Gasteiger partial charge in [0.15, 0.2) is 16.8 Å². The summed E-state index contributed by atoms with van der Waals surface area (Å²) in [6, 6.07) is 4.09. The van der Waals surface area contributed by atoms with Crippen LogP contribution in [0, 0.1) is 0 Å². The van der Waals surface area contributed by atoms with Crippen molar-refractivity contribution in [2.24, 2.45) is 0 Å². The molecule has 0 aliphatic carbocycles. The number of furan rings is 1. The SMILES string of the molecule is c1cc2c(cn1)-c1sc3c4ccncc4oc3[n+]1C2. The monoisotopic (exact) mass is 266 g/mol. The van der Waals surface area contributed by atoms with E-state index in [1.54, 1.807) is 17.5 Å². The summed E-state index contributed by atoms with van der Waals surface area (Å²) >= 11 is 1.77. The topological polar surface area (TPSA) is 42.8 Å². The van der Waals surface area contributed by atoms with Crippen LogP contribution in [0.5, 0.6) is 0 Å². The summed E-state index contributed by atoms with van der Waals surface area (Å²) in [5.74, 6) is 0. The lowest BCUT2D eigenvalue weighted by Gasteiger charge is -1.88. The largest absolute Gasteiger partial charge is 0.402 e. The first kappa shape index (κ1) is 9.63. The first-order valence-electron chi connectivity index (χ1n) is 6.04. The number of fused-ring (bicyclic) bond motifs is 7. The third-order valence-electron chi connectivity index (χ3n) is 3.59. The van der Waals surface area contributed by atoms with E-state index in [1.165, 1.54) is 20.8 Å². The van der Waals surface area contributed by atoms with E-state index >= 15 is 0 Å². The van der Waals surface area contributed by atoms with Crippen LogP contribution in [0.3, 0.4) is 0 Å². The summed E-state index contributed by atoms with van der Waals surface area (Å²) in [4.78, 5) is 8.34. The maximum absolute atomic E-state index is 5.96. The molecule has 4 aromatic rings. The fourth-order valence-electron chi connectivity index (χ4n) is 2.70. The van der Waals surface area contributed by atoms with E-state index in [-0.39, 0.29) is 0 Å². The molecule has 0 radical (unpaired) electrons. The summed E-state index contributed by atoms with van der Waals surface area (Å²) in [5.41, 5.74) is 4.33. The quantitative estimate of drug-likeness (QED) is 0.405. The molecular weight excluding hydrogens is 258 g/mol. The molecule has 0 saturated heterocycles. The second-order valence-corrected chi connectivity index (χ2v) is 5.63. The van der Waals surface area contributed by atoms with Gasteiger partial charge in [-0.3, -0.25) is 9.97 Å². The zero-order valence-corrected chi connectivity index (χ0v) is 10.6. The molecule has 5 heteroatoms. The molecule has 0 fully saturated rings. The Kier molecular flexibility index (Phi) is 1.62. The van der Waals surface area contributed by atoms with Crippen LogP contribution < -0.4 is 4.57 Å². The molecule has 0 aromatic carbocycles. The minimum absolute atomic E-state index is 0.855. The molecule has 0 spiro atoms. The molecule has 0 amide bonds. The lowest BCUT2D eigenvalue weighted by atomic mass is 10.2. The molecule has 19 heavy (non-hydrogen) atoms. The second-order valence-electron chi connectivity index (χ2n) is 4.63. The number of rotatable bonds is 0. The van der Waals surface area contributed by atoms with Crippen molar-refractivity contribution in [3.63, 3.8) is 0 Å². The van der Waals surface area contributed by atoms with Gasteiger partial charge in [-0.2, -0.15) is 0 Å². The predicted octanol–water partition coefficient (Wildman–Crippen LogP) is 2.75. The third kappa shape index (κ3) is 1.11. The zero-order valence-electron chi connectivity index (χ0n) is 9.83. The van der Waals surface area contributed by atoms with Crippen LogP contribution in [-0.2, 0) is 6.54 Å². The Morgan fingerprint density at radius 1 is 1.16 bits per heavy atom. The summed E-state index contributed by atoms with van der Waals surface area (Å²) in [5, 5.41) is 2.37. The number of hydrogen-bond donors (Lipinski definition) is 0. The highest BCUT2D eigenvalue weighted by molar-refractivity contribution is 7.22. The highest BCUT2D eigenvalue weighted by Crippen LogP contribution is 2.39. The third-order valence-corrected chi connectivity index (χ3v) is 4.82. The number of aromatic nitrogens is 3. The van der Waals surface area contributed by atoms with Crippen molar-refractivity contribution in [2.75, 3.05) is 0 Å². The van der Waals surface area contributed by atoms with E-state index < -0.39 is 0 Å². The van der Waals surface area contributed by atoms with Gasteiger partial charge in [-0.25, -0.2) is 0 Å². The van der Waals surface area contributed by atoms with Gasteiger partial charge >= 0.3 is 5.71 Å². The van der Waals surface area contributed by atoms with Gasteiger partial charge in [-0.15, -0.1) is 4.57 Å². The van der Waals surface area contributed by atoms with Crippen molar-refractivity contribution in [3.05, 3.63) is 42.5 Å². The Labute approximate surface area is 112 Å². The lowest BCUT2D eigenvalue weighted by molar-refractivity contribution is -0.648. The van der Waals surface area contributed by atoms with Gasteiger partial charge in [0.05, 0.1) is 11.8 Å². The number of thiazole rings is 1. The van der Waals surface area contributed by atoms with Gasteiger partial charge in [0.1, 0.15) is 0 Å². The van der Waals surface area contributed by atoms with Crippen molar-refractivity contribution < 1.29 is 8.98 Å². The molecule has 0 unspecified atom stereocenters. The molecule has 0 saturated carbocycles. The Morgan fingerprint density at radius 2 is 2.05 bits per heavy atom. The molecule has 4 aromatic heterocycles. The number of nitrogens with zero attached hydrogens (tertiary/aromatic N) is 3. The second kappa shape index (κ2) is 3.19. The molecule has 5 rings (SSSR count). The molecule has 90 valence electrons. The van der Waals surface area contributed by atoms with Crippen LogP contribution in [0.15, 0.2) is 41.3 Å². The van der Waals surface area contributed by atoms with Crippen LogP contribution in [0.4, 0.5) is 0 Å². The number of pyridine rings is 2. The standard InChI is InChI=1S/C14H8N3OS/c1-3-15-5-10-8(1)7-17-13-12(19-14(10)17)9-2-4-16-6-11(9)18-13/h1-6H,7H2/q+1. The molecule has 4 nitrogen and oxygen atoms in total. The maximum Gasteiger partial charge on any atom is 0.393 e. The summed E-state index contributed by atoms with van der Waals surface area (Å²) in [7, 11) is 0. The molecule has 0 bridgehead atoms. The van der Waals surface area contributed by atoms with E-state index in [9.17, 15) is 0 Å². The fourth-order valence-corrected chi connectivity index (χ4v) is 3.97. The summed E-state index contributed by atoms with van der Waals surface area (Å²) in [6.45, 7) is 0.862. The summed E-state index contributed by atoms with van der Waals surface area (Å²) in [6.07, 6.45) is 7.37. The minimum Gasteiger partial charge on any atom is -0.402 e. The molecule has 0 atom stereocenters. The van der Waals surface area contributed by atoms with Crippen molar-refractivity contribution in [1.82, 2.24) is 9.97 Å². The van der Waals surface area contributed by atoms with Crippen molar-refractivity contribution in [3.8, 4) is 10.6 Å². The first-order valence-corrected chi connectivity index (χ1v) is 6.85. The van der Waals surface area contributed by atoms with E-state index in [0.29, 0.717) is 0 Å². The average Bonchev–Trinajstić information content (AvgIpc) is 3.07. The molecule has 0 N–H and O–H groups in total. The van der Waals surface area contributed by atoms with E-state index in [2.05, 4.69) is 20.6 Å². The van der Waals surface area contributed by atoms with Gasteiger partial charge in [0.2, 0.25) is 0 Å². The molecule has 1 aliphatic rings. The average molecular weight is 266 g/mol. The molecule has 5 heterocycles. The van der Waals surface area contributed by atoms with Crippen LogP contribution in [0.25, 0.3) is 32.0 Å². The predicted molar refractivity (Wildman–Crippen MR) is 71.9 cm³/mol. The maximum atomic E-state index is 5.96. The van der Waals surface area contributed by atoms with Gasteiger partial charge < -0.3 is 4.42 Å². The van der Waals surface area contributed by atoms with Crippen LogP contribution in [0.1, 0.15) is 5.56 Å². The Hall–Kier alpha value is -2.27. The fraction of sp³-hybridized carbons (Fsp3) is 0.0714. The van der Waals surface area contributed by atoms with Crippen LogP contribution >= 0.6 is 11.3 Å². The van der Waals surface area contributed by atoms with Crippen molar-refractivity contribution in [1.29, 1.82) is 0 Å².